The number of nitrogens with zero attached hydrogens (tertiary/aromatic N) is 4. The third-order valence-corrected chi connectivity index (χ3v) is 6.66. The van der Waals surface area contributed by atoms with E-state index in [2.05, 4.69) is 15.0 Å². The largest absolute Gasteiger partial charge is 0.476 e. The van der Waals surface area contributed by atoms with Crippen LogP contribution in [-0.2, 0) is 0 Å². The van der Waals surface area contributed by atoms with E-state index in [9.17, 15) is 23.9 Å². The smallest absolute Gasteiger partial charge is 0.428 e. The molecule has 0 unspecified atom stereocenters. The van der Waals surface area contributed by atoms with Crippen LogP contribution >= 0.6 is 11.3 Å². The predicted octanol–water partition coefficient (Wildman–Crippen LogP) is 4.42. The van der Waals surface area contributed by atoms with E-state index < -0.39 is 29.0 Å². The molecule has 9 nitrogen and oxygen atoms in total. The van der Waals surface area contributed by atoms with Gasteiger partial charge in [0.05, 0.1) is 21.6 Å². The number of aromatic nitrogens is 4. The Morgan fingerprint density at radius 1 is 1.14 bits per heavy atom. The lowest BCUT2D eigenvalue weighted by Gasteiger charge is -2.17. The maximum absolute atomic E-state index is 15.3. The van der Waals surface area contributed by atoms with E-state index in [0.717, 1.165) is 16.7 Å². The molecule has 0 spiro atoms. The second-order valence-corrected chi connectivity index (χ2v) is 9.29. The van der Waals surface area contributed by atoms with Gasteiger partial charge in [-0.3, -0.25) is 4.98 Å². The number of hydrogen-bond acceptors (Lipinski definition) is 8. The quantitative estimate of drug-likeness (QED) is 0.376. The monoisotopic (exact) mass is 510 g/mol. The second-order valence-electron chi connectivity index (χ2n) is 8.29. The van der Waals surface area contributed by atoms with Gasteiger partial charge in [0.1, 0.15) is 16.9 Å². The lowest BCUT2D eigenvalue weighted by atomic mass is 10.0. The molecular formula is C24H16F2N4O5S. The van der Waals surface area contributed by atoms with E-state index in [1.54, 1.807) is 19.2 Å². The van der Waals surface area contributed by atoms with Crippen LogP contribution in [0.5, 0.6) is 0 Å². The first-order valence-corrected chi connectivity index (χ1v) is 11.4. The van der Waals surface area contributed by atoms with Crippen molar-refractivity contribution in [3.05, 3.63) is 79.3 Å². The first-order valence-electron chi connectivity index (χ1n) is 10.6. The summed E-state index contributed by atoms with van der Waals surface area (Å²) in [4.78, 5) is 49.5. The van der Waals surface area contributed by atoms with Gasteiger partial charge in [-0.2, -0.15) is 0 Å². The lowest BCUT2D eigenvalue weighted by molar-refractivity contribution is 0.0696. The molecule has 0 radical (unpaired) electrons. The van der Waals surface area contributed by atoms with Gasteiger partial charge in [0.2, 0.25) is 5.01 Å². The summed E-state index contributed by atoms with van der Waals surface area (Å²) in [5.41, 5.74) is -0.249. The summed E-state index contributed by atoms with van der Waals surface area (Å²) in [6.45, 7) is 5.48. The third-order valence-electron chi connectivity index (χ3n) is 5.61. The molecule has 12 heteroatoms. The maximum atomic E-state index is 15.3. The van der Waals surface area contributed by atoms with E-state index in [4.69, 9.17) is 4.42 Å². The van der Waals surface area contributed by atoms with Crippen LogP contribution in [0.25, 0.3) is 38.2 Å². The fourth-order valence-electron chi connectivity index (χ4n) is 4.00. The van der Waals surface area contributed by atoms with Gasteiger partial charge in [0.15, 0.2) is 11.5 Å². The minimum atomic E-state index is -1.37. The Balaban J connectivity index is 1.91. The van der Waals surface area contributed by atoms with Gasteiger partial charge < -0.3 is 9.52 Å². The number of hydrogen-bond donors (Lipinski definition) is 1. The van der Waals surface area contributed by atoms with Crippen molar-refractivity contribution in [2.45, 2.75) is 26.7 Å². The first-order chi connectivity index (χ1) is 17.1. The summed E-state index contributed by atoms with van der Waals surface area (Å²) in [7, 11) is 0. The van der Waals surface area contributed by atoms with Gasteiger partial charge >= 0.3 is 17.4 Å². The Hall–Kier alpha value is -4.32. The highest BCUT2D eigenvalue weighted by Gasteiger charge is 2.24. The van der Waals surface area contributed by atoms with E-state index in [1.165, 1.54) is 6.07 Å². The molecule has 0 bridgehead atoms. The normalized spacial score (nSPS) is 11.6. The van der Waals surface area contributed by atoms with E-state index in [0.29, 0.717) is 28.3 Å². The van der Waals surface area contributed by atoms with Crippen molar-refractivity contribution in [2.24, 2.45) is 0 Å². The number of carboxylic acid groups (broad SMARTS) is 1. The molecule has 4 aromatic heterocycles. The lowest BCUT2D eigenvalue weighted by Crippen LogP contribution is -2.27. The number of aromatic carboxylic acids is 1. The number of thiazole rings is 1. The maximum Gasteiger partial charge on any atom is 0.428 e. The number of pyridine rings is 2. The Kier molecular flexibility index (Phi) is 5.47. The standard InChI is InChI=1S/C24H16F2N4O5S/c1-9(2)15-18(10(3)6-7-27-15)30-20-12(23(33)35-24(30)34)8-14(26)16(28-20)11-4-5-13(25)19-17(11)29-21(36-19)22(31)32/h4-9H,1-3H3,(H,31,32). The highest BCUT2D eigenvalue weighted by Crippen LogP contribution is 2.35. The molecule has 5 aromatic rings. The molecule has 0 aliphatic carbocycles. The van der Waals surface area contributed by atoms with Crippen LogP contribution in [0.15, 0.2) is 44.5 Å². The Bertz CT molecular complexity index is 1840. The first kappa shape index (κ1) is 23.4. The molecule has 0 aliphatic rings. The molecule has 0 saturated heterocycles. The zero-order valence-corrected chi connectivity index (χ0v) is 19.8. The van der Waals surface area contributed by atoms with Gasteiger partial charge in [-0.15, -0.1) is 11.3 Å². The number of aryl methyl sites for hydroxylation is 1. The number of fused-ring (bicyclic) bond motifs is 2. The van der Waals surface area contributed by atoms with Crippen LogP contribution in [0.1, 0.15) is 40.8 Å². The SMILES string of the molecule is Cc1ccnc(C(C)C)c1-n1c(=O)oc(=O)c2cc(F)c(-c3ccc(F)c4sc(C(=O)O)nc34)nc21. The zero-order valence-electron chi connectivity index (χ0n) is 19.0. The van der Waals surface area contributed by atoms with Gasteiger partial charge in [0, 0.05) is 11.8 Å². The molecule has 0 atom stereocenters. The Labute approximate surface area is 204 Å². The van der Waals surface area contributed by atoms with Crippen LogP contribution < -0.4 is 11.4 Å². The number of benzene rings is 1. The second kappa shape index (κ2) is 8.41. The summed E-state index contributed by atoms with van der Waals surface area (Å²) in [6, 6.07) is 4.80. The van der Waals surface area contributed by atoms with Crippen LogP contribution in [0, 0.1) is 18.6 Å². The molecule has 4 heterocycles. The van der Waals surface area contributed by atoms with Gasteiger partial charge in [-0.05, 0) is 42.7 Å². The number of rotatable bonds is 4. The van der Waals surface area contributed by atoms with Crippen molar-refractivity contribution in [3.8, 4) is 16.9 Å². The number of halogens is 2. The number of carbonyl (C=O) groups is 1. The zero-order chi connectivity index (χ0) is 25.9. The fraction of sp³-hybridized carbons (Fsp3) is 0.167. The van der Waals surface area contributed by atoms with Crippen molar-refractivity contribution >= 4 is 38.6 Å². The van der Waals surface area contributed by atoms with E-state index >= 15 is 4.39 Å². The van der Waals surface area contributed by atoms with Crippen LogP contribution in [0.4, 0.5) is 8.78 Å². The van der Waals surface area contributed by atoms with Crippen molar-refractivity contribution in [1.29, 1.82) is 0 Å². The predicted molar refractivity (Wildman–Crippen MR) is 128 cm³/mol. The highest BCUT2D eigenvalue weighted by molar-refractivity contribution is 7.20. The molecule has 5 rings (SSSR count). The van der Waals surface area contributed by atoms with E-state index in [1.807, 2.05) is 13.8 Å². The average molecular weight is 510 g/mol. The molecule has 36 heavy (non-hydrogen) atoms. The average Bonchev–Trinajstić information content (AvgIpc) is 3.27. The van der Waals surface area contributed by atoms with Gasteiger partial charge in [-0.1, -0.05) is 13.8 Å². The molecule has 182 valence electrons. The van der Waals surface area contributed by atoms with E-state index in [-0.39, 0.29) is 43.4 Å². The van der Waals surface area contributed by atoms with Gasteiger partial charge in [-0.25, -0.2) is 37.7 Å². The van der Waals surface area contributed by atoms with Gasteiger partial charge in [0.25, 0.3) is 0 Å². The molecule has 0 amide bonds. The summed E-state index contributed by atoms with van der Waals surface area (Å²) in [5, 5.41) is 8.62. The molecular weight excluding hydrogens is 494 g/mol. The molecule has 1 aromatic carbocycles. The van der Waals surface area contributed by atoms with Crippen molar-refractivity contribution < 1.29 is 23.1 Å². The highest BCUT2D eigenvalue weighted by atomic mass is 32.1. The summed E-state index contributed by atoms with van der Waals surface area (Å²) < 4.78 is 35.6. The molecule has 1 N–H and O–H groups in total. The summed E-state index contributed by atoms with van der Waals surface area (Å²) in [5.74, 6) is -4.24. The van der Waals surface area contributed by atoms with Crippen molar-refractivity contribution in [1.82, 2.24) is 19.5 Å². The molecule has 0 aliphatic heterocycles. The molecule has 0 saturated carbocycles. The minimum absolute atomic E-state index is 0.00576. The minimum Gasteiger partial charge on any atom is -0.476 e. The Morgan fingerprint density at radius 2 is 1.89 bits per heavy atom. The third kappa shape index (κ3) is 3.57. The summed E-state index contributed by atoms with van der Waals surface area (Å²) >= 11 is 0.598. The Morgan fingerprint density at radius 3 is 2.58 bits per heavy atom. The number of carboxylic acids is 1. The van der Waals surface area contributed by atoms with Crippen LogP contribution in [0.3, 0.4) is 0 Å². The summed E-state index contributed by atoms with van der Waals surface area (Å²) in [6.07, 6.45) is 1.58. The van der Waals surface area contributed by atoms with Crippen molar-refractivity contribution in [2.75, 3.05) is 0 Å². The topological polar surface area (TPSA) is 128 Å². The van der Waals surface area contributed by atoms with Crippen LogP contribution in [0.2, 0.25) is 0 Å². The van der Waals surface area contributed by atoms with Crippen LogP contribution in [-0.4, -0.2) is 30.6 Å². The van der Waals surface area contributed by atoms with Crippen molar-refractivity contribution in [3.63, 3.8) is 0 Å². The molecule has 0 fully saturated rings. The fourth-order valence-corrected chi connectivity index (χ4v) is 4.83.